The Kier molecular flexibility index (Phi) is 6.34. The molecule has 1 fully saturated rings. The third-order valence-electron chi connectivity index (χ3n) is 2.93. The summed E-state index contributed by atoms with van der Waals surface area (Å²) in [5.74, 6) is 0.288. The molecule has 20 heavy (non-hydrogen) atoms. The molecule has 0 radical (unpaired) electrons. The summed E-state index contributed by atoms with van der Waals surface area (Å²) in [6, 6.07) is 0. The Labute approximate surface area is 134 Å². The first kappa shape index (κ1) is 15.8. The van der Waals surface area contributed by atoms with E-state index in [2.05, 4.69) is 52.5 Å². The van der Waals surface area contributed by atoms with Gasteiger partial charge in [-0.05, 0) is 57.8 Å². The van der Waals surface area contributed by atoms with E-state index in [1.54, 1.807) is 0 Å². The summed E-state index contributed by atoms with van der Waals surface area (Å²) in [5.41, 5.74) is 0. The molecule has 0 saturated carbocycles. The third kappa shape index (κ3) is 5.08. The molecule has 2 heterocycles. The molecule has 6 nitrogen and oxygen atoms in total. The molecule has 0 aromatic carbocycles. The second kappa shape index (κ2) is 8.02. The second-order valence-corrected chi connectivity index (χ2v) is 6.01. The average Bonchev–Trinajstić information content (AvgIpc) is 2.43. The van der Waals surface area contributed by atoms with Gasteiger partial charge in [0.25, 0.3) is 0 Å². The predicted octanol–water partition coefficient (Wildman–Crippen LogP) is 2.10. The van der Waals surface area contributed by atoms with Crippen molar-refractivity contribution in [2.75, 3.05) is 25.0 Å². The van der Waals surface area contributed by atoms with Gasteiger partial charge in [0.15, 0.2) is 5.82 Å². The van der Waals surface area contributed by atoms with Crippen molar-refractivity contribution < 1.29 is 9.53 Å². The maximum Gasteiger partial charge on any atom is 0.227 e. The lowest BCUT2D eigenvalue weighted by atomic mass is 10.1. The van der Waals surface area contributed by atoms with E-state index in [4.69, 9.17) is 4.74 Å². The van der Waals surface area contributed by atoms with Crippen molar-refractivity contribution in [1.29, 1.82) is 0 Å². The number of nitrogens with one attached hydrogen (secondary N) is 2. The Morgan fingerprint density at radius 3 is 2.90 bits per heavy atom. The van der Waals surface area contributed by atoms with Crippen LogP contribution in [0.5, 0.6) is 0 Å². The van der Waals surface area contributed by atoms with Gasteiger partial charge in [-0.15, -0.1) is 0 Å². The number of hydrogen-bond donors (Lipinski definition) is 2. The molecule has 1 aliphatic rings. The Balaban J connectivity index is 1.72. The first-order chi connectivity index (χ1) is 9.65. The molecule has 1 aromatic rings. The number of amides is 1. The van der Waals surface area contributed by atoms with Gasteiger partial charge in [-0.2, -0.15) is 0 Å². The molecule has 1 saturated heterocycles. The van der Waals surface area contributed by atoms with Crippen LogP contribution in [0.15, 0.2) is 15.4 Å². The summed E-state index contributed by atoms with van der Waals surface area (Å²) in [5, 5.41) is 5.98. The molecule has 2 rings (SSSR count). The minimum absolute atomic E-state index is 0.128. The number of carbonyl (C=O) groups is 1. The Bertz CT molecular complexity index is 467. The van der Waals surface area contributed by atoms with E-state index in [9.17, 15) is 4.79 Å². The van der Waals surface area contributed by atoms with Gasteiger partial charge < -0.3 is 15.4 Å². The van der Waals surface area contributed by atoms with Gasteiger partial charge >= 0.3 is 0 Å². The van der Waals surface area contributed by atoms with E-state index in [0.29, 0.717) is 28.1 Å². The molecule has 110 valence electrons. The minimum atomic E-state index is -0.128. The molecule has 0 atom stereocenters. The fraction of sp³-hybridized carbons (Fsp3) is 0.583. The average molecular weight is 408 g/mol. The molecule has 0 spiro atoms. The smallest absolute Gasteiger partial charge is 0.227 e. The predicted molar refractivity (Wildman–Crippen MR) is 82.5 cm³/mol. The lowest BCUT2D eigenvalue weighted by molar-refractivity contribution is -0.117. The topological polar surface area (TPSA) is 76.1 Å². The molecule has 2 N–H and O–H groups in total. The fourth-order valence-electron chi connectivity index (χ4n) is 1.91. The first-order valence-electron chi connectivity index (χ1n) is 6.45. The standard InChI is InChI=1S/C12H16Br2N4O2/c13-9-7-16-12(11(14)17-9)18-10(19)3-6-20-8-1-4-15-5-2-8/h7-8,15H,1-6H2,(H,16,18,19). The number of nitrogens with zero attached hydrogens (tertiary/aromatic N) is 2. The van der Waals surface area contributed by atoms with Gasteiger partial charge in [-0.25, -0.2) is 9.97 Å². The van der Waals surface area contributed by atoms with Crippen LogP contribution in [0, 0.1) is 0 Å². The number of piperidine rings is 1. The summed E-state index contributed by atoms with van der Waals surface area (Å²) in [4.78, 5) is 20.0. The van der Waals surface area contributed by atoms with E-state index < -0.39 is 0 Å². The number of aromatic nitrogens is 2. The van der Waals surface area contributed by atoms with Crippen LogP contribution in [0.4, 0.5) is 5.82 Å². The van der Waals surface area contributed by atoms with Crippen molar-refractivity contribution in [2.45, 2.75) is 25.4 Å². The molecule has 1 aromatic heterocycles. The molecular formula is C12H16Br2N4O2. The van der Waals surface area contributed by atoms with Crippen LogP contribution in [-0.2, 0) is 9.53 Å². The van der Waals surface area contributed by atoms with E-state index in [0.717, 1.165) is 25.9 Å². The van der Waals surface area contributed by atoms with Crippen LogP contribution in [-0.4, -0.2) is 41.7 Å². The van der Waals surface area contributed by atoms with Crippen molar-refractivity contribution in [3.05, 3.63) is 15.4 Å². The highest BCUT2D eigenvalue weighted by molar-refractivity contribution is 9.11. The Morgan fingerprint density at radius 2 is 2.20 bits per heavy atom. The fourth-order valence-corrected chi connectivity index (χ4v) is 2.82. The van der Waals surface area contributed by atoms with Crippen molar-refractivity contribution in [2.24, 2.45) is 0 Å². The zero-order valence-electron chi connectivity index (χ0n) is 10.9. The maximum absolute atomic E-state index is 11.8. The van der Waals surface area contributed by atoms with Crippen LogP contribution in [0.25, 0.3) is 0 Å². The van der Waals surface area contributed by atoms with Crippen LogP contribution in [0.3, 0.4) is 0 Å². The first-order valence-corrected chi connectivity index (χ1v) is 8.04. The van der Waals surface area contributed by atoms with Gasteiger partial charge in [-0.3, -0.25) is 4.79 Å². The quantitative estimate of drug-likeness (QED) is 0.781. The molecule has 8 heteroatoms. The molecular weight excluding hydrogens is 392 g/mol. The van der Waals surface area contributed by atoms with Gasteiger partial charge in [0.05, 0.1) is 25.3 Å². The number of rotatable bonds is 5. The van der Waals surface area contributed by atoms with E-state index in [1.165, 1.54) is 6.20 Å². The number of hydrogen-bond acceptors (Lipinski definition) is 5. The second-order valence-electron chi connectivity index (χ2n) is 4.45. The maximum atomic E-state index is 11.8. The highest BCUT2D eigenvalue weighted by atomic mass is 79.9. The van der Waals surface area contributed by atoms with Crippen LogP contribution < -0.4 is 10.6 Å². The molecule has 0 bridgehead atoms. The van der Waals surface area contributed by atoms with Crippen molar-refractivity contribution in [3.8, 4) is 0 Å². The number of anilines is 1. The normalized spacial score (nSPS) is 16.1. The summed E-state index contributed by atoms with van der Waals surface area (Å²) < 4.78 is 6.79. The monoisotopic (exact) mass is 406 g/mol. The Hall–Kier alpha value is -0.570. The summed E-state index contributed by atoms with van der Waals surface area (Å²) >= 11 is 6.46. The van der Waals surface area contributed by atoms with E-state index in [1.807, 2.05) is 0 Å². The number of halogens is 2. The number of carbonyl (C=O) groups excluding carboxylic acids is 1. The molecule has 1 amide bonds. The van der Waals surface area contributed by atoms with Crippen molar-refractivity contribution in [3.63, 3.8) is 0 Å². The zero-order valence-corrected chi connectivity index (χ0v) is 14.0. The van der Waals surface area contributed by atoms with Crippen LogP contribution in [0.2, 0.25) is 0 Å². The lowest BCUT2D eigenvalue weighted by Crippen LogP contribution is -2.33. The lowest BCUT2D eigenvalue weighted by Gasteiger charge is -2.22. The largest absolute Gasteiger partial charge is 0.378 e. The highest BCUT2D eigenvalue weighted by Gasteiger charge is 2.14. The molecule has 1 aliphatic heterocycles. The third-order valence-corrected chi connectivity index (χ3v) is 3.86. The summed E-state index contributed by atoms with van der Waals surface area (Å²) in [6.45, 7) is 2.40. The highest BCUT2D eigenvalue weighted by Crippen LogP contribution is 2.19. The van der Waals surface area contributed by atoms with Crippen molar-refractivity contribution in [1.82, 2.24) is 15.3 Å². The summed E-state index contributed by atoms with van der Waals surface area (Å²) in [6.07, 6.45) is 4.12. The minimum Gasteiger partial charge on any atom is -0.378 e. The van der Waals surface area contributed by atoms with Gasteiger partial charge in [0.1, 0.15) is 9.21 Å². The Morgan fingerprint density at radius 1 is 1.45 bits per heavy atom. The van der Waals surface area contributed by atoms with Gasteiger partial charge in [0, 0.05) is 0 Å². The van der Waals surface area contributed by atoms with Gasteiger partial charge in [-0.1, -0.05) is 0 Å². The van der Waals surface area contributed by atoms with Crippen molar-refractivity contribution >= 4 is 43.6 Å². The van der Waals surface area contributed by atoms with E-state index in [-0.39, 0.29) is 12.0 Å². The van der Waals surface area contributed by atoms with E-state index >= 15 is 0 Å². The molecule has 0 unspecified atom stereocenters. The van der Waals surface area contributed by atoms with Crippen LogP contribution >= 0.6 is 31.9 Å². The van der Waals surface area contributed by atoms with Gasteiger partial charge in [0.2, 0.25) is 5.91 Å². The van der Waals surface area contributed by atoms with Crippen LogP contribution in [0.1, 0.15) is 19.3 Å². The SMILES string of the molecule is O=C(CCOC1CCNCC1)Nc1ncc(Br)nc1Br. The molecule has 0 aliphatic carbocycles. The summed E-state index contributed by atoms with van der Waals surface area (Å²) in [7, 11) is 0. The zero-order chi connectivity index (χ0) is 14.4. The number of ether oxygens (including phenoxy) is 1.